The summed E-state index contributed by atoms with van der Waals surface area (Å²) in [5, 5.41) is 22.0. The van der Waals surface area contributed by atoms with E-state index in [4.69, 9.17) is 4.74 Å². The average Bonchev–Trinajstić information content (AvgIpc) is 2.91. The van der Waals surface area contributed by atoms with Crippen molar-refractivity contribution >= 4 is 21.8 Å². The number of hydrogen-bond donors (Lipinski definition) is 1. The second-order valence-corrected chi connectivity index (χ2v) is 14.1. The van der Waals surface area contributed by atoms with E-state index in [1.54, 1.807) is 26.8 Å². The topological polar surface area (TPSA) is 140 Å². The van der Waals surface area contributed by atoms with Crippen LogP contribution in [0.25, 0.3) is 11.1 Å². The molecule has 0 radical (unpaired) electrons. The molecule has 1 aliphatic carbocycles. The Labute approximate surface area is 246 Å². The van der Waals surface area contributed by atoms with E-state index in [1.165, 1.54) is 35.2 Å². The molecule has 1 heterocycles. The van der Waals surface area contributed by atoms with Gasteiger partial charge in [0.25, 0.3) is 0 Å². The molecule has 1 saturated heterocycles. The van der Waals surface area contributed by atoms with Crippen LogP contribution in [0.5, 0.6) is 0 Å². The molecule has 0 spiro atoms. The number of nitrogens with one attached hydrogen (secondary N) is 1. The molecular weight excluding hydrogens is 559 g/mol. The van der Waals surface area contributed by atoms with Crippen molar-refractivity contribution in [3.63, 3.8) is 0 Å². The molecule has 4 atom stereocenters. The Balaban J connectivity index is 1.51. The summed E-state index contributed by atoms with van der Waals surface area (Å²) in [5.41, 5.74) is 0.308. The number of hydrogen-bond acceptors (Lipinski definition) is 7. The number of nitrogens with zero attached hydrogens (tertiary/aromatic N) is 3. The number of fused-ring (bicyclic) bond motifs is 2. The van der Waals surface area contributed by atoms with E-state index in [0.29, 0.717) is 23.5 Å². The highest BCUT2D eigenvalue weighted by Crippen LogP contribution is 2.39. The number of benzene rings is 2. The summed E-state index contributed by atoms with van der Waals surface area (Å²) >= 11 is 0. The van der Waals surface area contributed by atoms with Gasteiger partial charge in [0.1, 0.15) is 29.6 Å². The quantitative estimate of drug-likeness (QED) is 0.502. The summed E-state index contributed by atoms with van der Waals surface area (Å²) in [7, 11) is -3.61. The minimum atomic E-state index is -3.61. The van der Waals surface area contributed by atoms with E-state index in [9.17, 15) is 28.5 Å². The van der Waals surface area contributed by atoms with Crippen molar-refractivity contribution in [2.24, 2.45) is 5.92 Å². The van der Waals surface area contributed by atoms with Crippen LogP contribution in [0.2, 0.25) is 0 Å². The smallest absolute Gasteiger partial charge is 0.411 e. The minimum absolute atomic E-state index is 0.0426. The number of likely N-dealkylation sites (tertiary alicyclic amines) is 1. The molecule has 4 rings (SSSR count). The van der Waals surface area contributed by atoms with E-state index in [-0.39, 0.29) is 28.5 Å². The van der Waals surface area contributed by atoms with Crippen LogP contribution in [-0.4, -0.2) is 55.3 Å². The zero-order valence-electron chi connectivity index (χ0n) is 24.2. The van der Waals surface area contributed by atoms with E-state index >= 15 is 4.39 Å². The maximum absolute atomic E-state index is 15.2. The number of halogens is 1. The Morgan fingerprint density at radius 3 is 2.43 bits per heavy atom. The van der Waals surface area contributed by atoms with Crippen LogP contribution in [0.3, 0.4) is 0 Å². The van der Waals surface area contributed by atoms with Crippen molar-refractivity contribution in [2.75, 3.05) is 6.26 Å². The van der Waals surface area contributed by atoms with Gasteiger partial charge < -0.3 is 10.1 Å². The maximum Gasteiger partial charge on any atom is 0.411 e. The number of ether oxygens (including phenoxy) is 1. The molecule has 2 fully saturated rings. The van der Waals surface area contributed by atoms with Gasteiger partial charge >= 0.3 is 6.09 Å². The summed E-state index contributed by atoms with van der Waals surface area (Å²) in [4.78, 5) is 28.0. The van der Waals surface area contributed by atoms with Crippen molar-refractivity contribution in [3.8, 4) is 23.3 Å². The normalized spacial score (nSPS) is 21.0. The molecule has 11 heteroatoms. The molecule has 2 aromatic carbocycles. The molecule has 2 aliphatic rings. The lowest BCUT2D eigenvalue weighted by atomic mass is 9.76. The first-order valence-corrected chi connectivity index (χ1v) is 15.8. The molecule has 0 aromatic heterocycles. The van der Waals surface area contributed by atoms with Gasteiger partial charge in [0, 0.05) is 18.7 Å². The fourth-order valence-electron chi connectivity index (χ4n) is 5.87. The summed E-state index contributed by atoms with van der Waals surface area (Å²) in [5.74, 6) is -0.775. The van der Waals surface area contributed by atoms with Crippen LogP contribution >= 0.6 is 0 Å². The van der Waals surface area contributed by atoms with Gasteiger partial charge in [-0.15, -0.1) is 0 Å². The molecule has 2 unspecified atom stereocenters. The van der Waals surface area contributed by atoms with Crippen LogP contribution in [0, 0.1) is 34.4 Å². The van der Waals surface area contributed by atoms with Crippen molar-refractivity contribution in [1.82, 2.24) is 10.2 Å². The highest BCUT2D eigenvalue weighted by molar-refractivity contribution is 7.90. The van der Waals surface area contributed by atoms with Crippen molar-refractivity contribution in [3.05, 3.63) is 53.3 Å². The first-order chi connectivity index (χ1) is 19.7. The van der Waals surface area contributed by atoms with Gasteiger partial charge in [-0.2, -0.15) is 10.5 Å². The van der Waals surface area contributed by atoms with Gasteiger partial charge in [-0.05, 0) is 80.8 Å². The lowest BCUT2D eigenvalue weighted by molar-refractivity contribution is -0.131. The Kier molecular flexibility index (Phi) is 8.93. The van der Waals surface area contributed by atoms with Gasteiger partial charge in [0.05, 0.1) is 16.5 Å². The molecule has 1 saturated carbocycles. The fraction of sp³-hybridized carbons (Fsp3) is 0.484. The number of amides is 2. The second-order valence-electron chi connectivity index (χ2n) is 12.1. The second kappa shape index (κ2) is 12.1. The predicted molar refractivity (Wildman–Crippen MR) is 153 cm³/mol. The first kappa shape index (κ1) is 31.0. The Morgan fingerprint density at radius 2 is 1.81 bits per heavy atom. The van der Waals surface area contributed by atoms with Crippen molar-refractivity contribution < 1.29 is 27.1 Å². The SMILES string of the molecule is CC(C)(C)OC(=O)N1C2CCCC(C2)C[C@H]1C(=O)N[C@H](C#N)Cc1ccc(-c2ccc(S(C)(=O)=O)c(C#N)c2)cc1F. The molecular formula is C31H35FN4O5S. The van der Waals surface area contributed by atoms with Crippen LogP contribution < -0.4 is 5.32 Å². The Bertz CT molecular complexity index is 1570. The molecule has 42 heavy (non-hydrogen) atoms. The molecule has 2 aromatic rings. The zero-order chi connectivity index (χ0) is 30.8. The van der Waals surface area contributed by atoms with E-state index in [2.05, 4.69) is 5.32 Å². The molecule has 1 aliphatic heterocycles. The van der Waals surface area contributed by atoms with Crippen LogP contribution in [-0.2, 0) is 25.8 Å². The highest BCUT2D eigenvalue weighted by atomic mass is 32.2. The number of carbonyl (C=O) groups is 2. The number of piperidine rings is 1. The largest absolute Gasteiger partial charge is 0.444 e. The number of carbonyl (C=O) groups excluding carboxylic acids is 2. The van der Waals surface area contributed by atoms with E-state index < -0.39 is 45.3 Å². The summed E-state index contributed by atoms with van der Waals surface area (Å²) < 4.78 is 44.7. The summed E-state index contributed by atoms with van der Waals surface area (Å²) in [6, 6.07) is 10.5. The minimum Gasteiger partial charge on any atom is -0.444 e. The third-order valence-corrected chi connectivity index (χ3v) is 8.89. The lowest BCUT2D eigenvalue weighted by Crippen LogP contribution is -2.60. The predicted octanol–water partition coefficient (Wildman–Crippen LogP) is 4.89. The van der Waals surface area contributed by atoms with Gasteiger partial charge in [-0.1, -0.05) is 31.0 Å². The summed E-state index contributed by atoms with van der Waals surface area (Å²) in [6.45, 7) is 5.31. The molecule has 1 N–H and O–H groups in total. The maximum atomic E-state index is 15.2. The van der Waals surface area contributed by atoms with Crippen molar-refractivity contribution in [1.29, 1.82) is 10.5 Å². The van der Waals surface area contributed by atoms with Crippen LogP contribution in [0.15, 0.2) is 41.3 Å². The van der Waals surface area contributed by atoms with Crippen LogP contribution in [0.1, 0.15) is 64.0 Å². The third-order valence-electron chi connectivity index (χ3n) is 7.73. The summed E-state index contributed by atoms with van der Waals surface area (Å²) in [6.07, 6.45) is 4.39. The average molecular weight is 595 g/mol. The number of nitriles is 2. The van der Waals surface area contributed by atoms with Gasteiger partial charge in [-0.3, -0.25) is 9.69 Å². The van der Waals surface area contributed by atoms with Gasteiger partial charge in [-0.25, -0.2) is 17.6 Å². The molecule has 222 valence electrons. The third kappa shape index (κ3) is 7.08. The van der Waals surface area contributed by atoms with E-state index in [0.717, 1.165) is 31.9 Å². The molecule has 2 bridgehead atoms. The number of rotatable bonds is 6. The first-order valence-electron chi connectivity index (χ1n) is 13.9. The van der Waals surface area contributed by atoms with Crippen molar-refractivity contribution in [2.45, 2.75) is 87.9 Å². The zero-order valence-corrected chi connectivity index (χ0v) is 25.0. The molecule has 9 nitrogen and oxygen atoms in total. The Hall–Kier alpha value is -3.96. The fourth-order valence-corrected chi connectivity index (χ4v) is 6.69. The number of sulfone groups is 1. The van der Waals surface area contributed by atoms with Crippen LogP contribution in [0.4, 0.5) is 9.18 Å². The standard InChI is InChI=1S/C31H35FN4O5S/c1-31(2,3)41-30(38)36-25-7-5-6-19(12-25)13-27(36)29(37)35-24(18-34)15-22-9-8-21(16-26(22)32)20-10-11-28(42(4,39)40)23(14-20)17-33/h8-11,14,16,19,24-25,27H,5-7,12-13,15H2,1-4H3,(H,35,37)/t19?,24-,25?,27-/m0/s1. The monoisotopic (exact) mass is 594 g/mol. The van der Waals surface area contributed by atoms with Gasteiger partial charge in [0.2, 0.25) is 5.91 Å². The highest BCUT2D eigenvalue weighted by Gasteiger charge is 2.45. The lowest BCUT2D eigenvalue weighted by Gasteiger charge is -2.47. The Morgan fingerprint density at radius 1 is 1.12 bits per heavy atom. The van der Waals surface area contributed by atoms with Gasteiger partial charge in [0.15, 0.2) is 9.84 Å². The molecule has 2 amide bonds. The van der Waals surface area contributed by atoms with E-state index in [1.807, 2.05) is 12.1 Å².